The number of hydrogen-bond acceptors (Lipinski definition) is 4. The van der Waals surface area contributed by atoms with Gasteiger partial charge in [-0.05, 0) is 35.0 Å². The molecule has 0 aliphatic carbocycles. The van der Waals surface area contributed by atoms with E-state index in [9.17, 15) is 9.90 Å². The topological polar surface area (TPSA) is 70.9 Å². The number of methoxy groups -OCH3 is 1. The summed E-state index contributed by atoms with van der Waals surface area (Å²) in [4.78, 5) is 12.3. The SMILES string of the molecule is COc1ccc(Br)cc1C(=O)N/N=C\c1c(O)ccc2ccccc12. The number of halogens is 1. The van der Waals surface area contributed by atoms with Crippen LogP contribution in [-0.4, -0.2) is 24.3 Å². The highest BCUT2D eigenvalue weighted by atomic mass is 79.9. The van der Waals surface area contributed by atoms with E-state index >= 15 is 0 Å². The number of phenolic OH excluding ortho intramolecular Hbond substituents is 1. The fraction of sp³-hybridized carbons (Fsp3) is 0.0526. The summed E-state index contributed by atoms with van der Waals surface area (Å²) in [5, 5.41) is 15.9. The van der Waals surface area contributed by atoms with E-state index in [4.69, 9.17) is 4.74 Å². The standard InChI is InChI=1S/C19H15BrN2O3/c1-25-18-9-7-13(20)10-15(18)19(24)22-21-11-16-14-5-3-2-4-12(14)6-8-17(16)23/h2-11,23H,1H3,(H,22,24)/b21-11-. The van der Waals surface area contributed by atoms with E-state index in [1.54, 1.807) is 24.3 Å². The zero-order valence-corrected chi connectivity index (χ0v) is 14.9. The number of hydrogen-bond donors (Lipinski definition) is 2. The van der Waals surface area contributed by atoms with Gasteiger partial charge in [-0.3, -0.25) is 4.79 Å². The molecule has 0 unspecified atom stereocenters. The Balaban J connectivity index is 1.86. The molecule has 0 saturated carbocycles. The molecule has 0 heterocycles. The number of carbonyl (C=O) groups is 1. The minimum atomic E-state index is -0.408. The number of amides is 1. The maximum Gasteiger partial charge on any atom is 0.275 e. The van der Waals surface area contributed by atoms with Gasteiger partial charge in [-0.2, -0.15) is 5.10 Å². The van der Waals surface area contributed by atoms with Crippen LogP contribution < -0.4 is 10.2 Å². The van der Waals surface area contributed by atoms with E-state index in [-0.39, 0.29) is 5.75 Å². The number of ether oxygens (including phenoxy) is 1. The molecule has 3 aromatic rings. The van der Waals surface area contributed by atoms with Crippen LogP contribution in [0.1, 0.15) is 15.9 Å². The first-order chi connectivity index (χ1) is 12.1. The van der Waals surface area contributed by atoms with Gasteiger partial charge in [0.25, 0.3) is 5.91 Å². The molecule has 1 amide bonds. The Labute approximate surface area is 153 Å². The normalized spacial score (nSPS) is 11.0. The van der Waals surface area contributed by atoms with Crippen LogP contribution >= 0.6 is 15.9 Å². The van der Waals surface area contributed by atoms with E-state index in [1.807, 2.05) is 30.3 Å². The molecule has 0 saturated heterocycles. The van der Waals surface area contributed by atoms with E-state index in [1.165, 1.54) is 13.3 Å². The molecule has 0 aromatic heterocycles. The van der Waals surface area contributed by atoms with Gasteiger partial charge in [-0.25, -0.2) is 5.43 Å². The molecule has 0 bridgehead atoms. The zero-order chi connectivity index (χ0) is 17.8. The largest absolute Gasteiger partial charge is 0.507 e. The molecule has 3 rings (SSSR count). The first kappa shape index (κ1) is 17.0. The number of phenols is 1. The summed E-state index contributed by atoms with van der Waals surface area (Å²) in [6.07, 6.45) is 1.43. The van der Waals surface area contributed by atoms with E-state index in [2.05, 4.69) is 26.5 Å². The van der Waals surface area contributed by atoms with Crippen molar-refractivity contribution in [3.8, 4) is 11.5 Å². The van der Waals surface area contributed by atoms with Crippen molar-refractivity contribution in [2.75, 3.05) is 7.11 Å². The maximum atomic E-state index is 12.3. The summed E-state index contributed by atoms with van der Waals surface area (Å²) in [7, 11) is 1.50. The third-order valence-corrected chi connectivity index (χ3v) is 4.21. The molecule has 5 nitrogen and oxygen atoms in total. The highest BCUT2D eigenvalue weighted by molar-refractivity contribution is 9.10. The van der Waals surface area contributed by atoms with E-state index in [0.717, 1.165) is 15.2 Å². The molecule has 25 heavy (non-hydrogen) atoms. The molecule has 0 spiro atoms. The Kier molecular flexibility index (Phi) is 5.00. The Bertz CT molecular complexity index is 970. The fourth-order valence-electron chi connectivity index (χ4n) is 2.49. The summed E-state index contributed by atoms with van der Waals surface area (Å²) >= 11 is 3.33. The van der Waals surface area contributed by atoms with Gasteiger partial charge in [0.15, 0.2) is 0 Å². The fourth-order valence-corrected chi connectivity index (χ4v) is 2.85. The van der Waals surface area contributed by atoms with Crippen molar-refractivity contribution in [1.82, 2.24) is 5.43 Å². The predicted octanol–water partition coefficient (Wildman–Crippen LogP) is 4.08. The van der Waals surface area contributed by atoms with Crippen LogP contribution in [-0.2, 0) is 0 Å². The van der Waals surface area contributed by atoms with Gasteiger partial charge < -0.3 is 9.84 Å². The van der Waals surface area contributed by atoms with Gasteiger partial charge in [0, 0.05) is 10.0 Å². The van der Waals surface area contributed by atoms with Crippen molar-refractivity contribution in [2.24, 2.45) is 5.10 Å². The zero-order valence-electron chi connectivity index (χ0n) is 13.4. The van der Waals surface area contributed by atoms with Crippen molar-refractivity contribution in [2.45, 2.75) is 0 Å². The van der Waals surface area contributed by atoms with Crippen molar-refractivity contribution in [3.05, 3.63) is 70.2 Å². The number of benzene rings is 3. The monoisotopic (exact) mass is 398 g/mol. The number of hydrazone groups is 1. The van der Waals surface area contributed by atoms with Crippen LogP contribution in [0.15, 0.2) is 64.2 Å². The lowest BCUT2D eigenvalue weighted by Gasteiger charge is -2.08. The summed E-state index contributed by atoms with van der Waals surface area (Å²) in [6, 6.07) is 16.2. The maximum absolute atomic E-state index is 12.3. The Hall–Kier alpha value is -2.86. The first-order valence-electron chi connectivity index (χ1n) is 7.48. The van der Waals surface area contributed by atoms with Gasteiger partial charge in [0.05, 0.1) is 18.9 Å². The van der Waals surface area contributed by atoms with Crippen molar-refractivity contribution >= 4 is 38.8 Å². The lowest BCUT2D eigenvalue weighted by Crippen LogP contribution is -2.18. The molecular weight excluding hydrogens is 384 g/mol. The number of fused-ring (bicyclic) bond motifs is 1. The summed E-state index contributed by atoms with van der Waals surface area (Å²) in [6.45, 7) is 0. The van der Waals surface area contributed by atoms with Crippen molar-refractivity contribution in [1.29, 1.82) is 0 Å². The molecule has 126 valence electrons. The van der Waals surface area contributed by atoms with Crippen LogP contribution in [0.3, 0.4) is 0 Å². The summed E-state index contributed by atoms with van der Waals surface area (Å²) < 4.78 is 5.95. The number of aromatic hydroxyl groups is 1. The van der Waals surface area contributed by atoms with Crippen LogP contribution in [0.2, 0.25) is 0 Å². The molecule has 0 fully saturated rings. The van der Waals surface area contributed by atoms with Gasteiger partial charge in [-0.15, -0.1) is 0 Å². The summed E-state index contributed by atoms with van der Waals surface area (Å²) in [5.41, 5.74) is 3.36. The average Bonchev–Trinajstić information content (AvgIpc) is 2.63. The first-order valence-corrected chi connectivity index (χ1v) is 8.27. The minimum Gasteiger partial charge on any atom is -0.507 e. The van der Waals surface area contributed by atoms with Gasteiger partial charge in [0.1, 0.15) is 11.5 Å². The lowest BCUT2D eigenvalue weighted by atomic mass is 10.0. The lowest BCUT2D eigenvalue weighted by molar-refractivity contribution is 0.0952. The van der Waals surface area contributed by atoms with Crippen LogP contribution in [0.4, 0.5) is 0 Å². The van der Waals surface area contributed by atoms with Crippen molar-refractivity contribution < 1.29 is 14.6 Å². The molecule has 2 N–H and O–H groups in total. The average molecular weight is 399 g/mol. The Morgan fingerprint density at radius 3 is 2.80 bits per heavy atom. The molecule has 3 aromatic carbocycles. The second-order valence-corrected chi connectivity index (χ2v) is 6.18. The second kappa shape index (κ2) is 7.36. The summed E-state index contributed by atoms with van der Waals surface area (Å²) in [5.74, 6) is 0.134. The molecule has 0 atom stereocenters. The quantitative estimate of drug-likeness (QED) is 0.513. The smallest absolute Gasteiger partial charge is 0.275 e. The Morgan fingerprint density at radius 2 is 2.00 bits per heavy atom. The number of nitrogens with zero attached hydrogens (tertiary/aromatic N) is 1. The number of nitrogens with one attached hydrogen (secondary N) is 1. The number of carbonyl (C=O) groups excluding carboxylic acids is 1. The third-order valence-electron chi connectivity index (χ3n) is 3.71. The minimum absolute atomic E-state index is 0.0942. The molecule has 0 aliphatic heterocycles. The molecule has 6 heteroatoms. The molecular formula is C19H15BrN2O3. The Morgan fingerprint density at radius 1 is 1.20 bits per heavy atom. The van der Waals surface area contributed by atoms with Crippen LogP contribution in [0, 0.1) is 0 Å². The molecule has 0 radical (unpaired) electrons. The predicted molar refractivity (Wildman–Crippen MR) is 101 cm³/mol. The second-order valence-electron chi connectivity index (χ2n) is 5.26. The van der Waals surface area contributed by atoms with Crippen molar-refractivity contribution in [3.63, 3.8) is 0 Å². The molecule has 0 aliphatic rings. The van der Waals surface area contributed by atoms with Gasteiger partial charge >= 0.3 is 0 Å². The van der Waals surface area contributed by atoms with E-state index in [0.29, 0.717) is 16.9 Å². The van der Waals surface area contributed by atoms with Gasteiger partial charge in [-0.1, -0.05) is 46.3 Å². The highest BCUT2D eigenvalue weighted by Crippen LogP contribution is 2.25. The van der Waals surface area contributed by atoms with Gasteiger partial charge in [0.2, 0.25) is 0 Å². The van der Waals surface area contributed by atoms with Crippen LogP contribution in [0.5, 0.6) is 11.5 Å². The third kappa shape index (κ3) is 3.64. The van der Waals surface area contributed by atoms with Crippen LogP contribution in [0.25, 0.3) is 10.8 Å². The highest BCUT2D eigenvalue weighted by Gasteiger charge is 2.12. The number of rotatable bonds is 4. The van der Waals surface area contributed by atoms with E-state index < -0.39 is 5.91 Å².